The van der Waals surface area contributed by atoms with Crippen molar-refractivity contribution < 1.29 is 14.2 Å². The minimum absolute atomic E-state index is 0.0974. The Labute approximate surface area is 217 Å². The van der Waals surface area contributed by atoms with E-state index in [9.17, 15) is 14.3 Å². The van der Waals surface area contributed by atoms with Gasteiger partial charge in [-0.05, 0) is 44.0 Å². The summed E-state index contributed by atoms with van der Waals surface area (Å²) in [7, 11) is 0. The average Bonchev–Trinajstić information content (AvgIpc) is 3.56. The molecule has 6 rings (SSSR count). The summed E-state index contributed by atoms with van der Waals surface area (Å²) in [6.07, 6.45) is 1.89. The van der Waals surface area contributed by atoms with Crippen LogP contribution in [0.2, 0.25) is 0 Å². The predicted molar refractivity (Wildman–Crippen MR) is 141 cm³/mol. The van der Waals surface area contributed by atoms with Crippen LogP contribution in [0.15, 0.2) is 65.5 Å². The molecule has 9 nitrogen and oxygen atoms in total. The highest BCUT2D eigenvalue weighted by Gasteiger charge is 2.24. The van der Waals surface area contributed by atoms with Crippen LogP contribution >= 0.6 is 0 Å². The van der Waals surface area contributed by atoms with Crippen LogP contribution in [-0.4, -0.2) is 42.9 Å². The maximum Gasteiger partial charge on any atom is 0.278 e. The van der Waals surface area contributed by atoms with Crippen molar-refractivity contribution in [2.24, 2.45) is 0 Å². The van der Waals surface area contributed by atoms with Crippen molar-refractivity contribution >= 4 is 16.7 Å². The second kappa shape index (κ2) is 9.62. The van der Waals surface area contributed by atoms with Crippen molar-refractivity contribution in [1.82, 2.24) is 24.7 Å². The van der Waals surface area contributed by atoms with Gasteiger partial charge in [0.15, 0.2) is 11.3 Å². The molecule has 0 saturated carbocycles. The molecule has 0 radical (unpaired) electrons. The van der Waals surface area contributed by atoms with Crippen molar-refractivity contribution in [3.63, 3.8) is 0 Å². The van der Waals surface area contributed by atoms with Crippen LogP contribution in [0.4, 0.5) is 10.1 Å². The molecule has 192 valence electrons. The normalized spacial score (nSPS) is 13.4. The zero-order chi connectivity index (χ0) is 26.2. The van der Waals surface area contributed by atoms with Gasteiger partial charge in [0.25, 0.3) is 5.56 Å². The number of anilines is 1. The van der Waals surface area contributed by atoms with E-state index in [-0.39, 0.29) is 29.9 Å². The first-order chi connectivity index (χ1) is 18.5. The summed E-state index contributed by atoms with van der Waals surface area (Å²) in [6, 6.07) is 17.6. The minimum Gasteiger partial charge on any atom is -0.492 e. The molecular formula is C28H25FN6O3. The lowest BCUT2D eigenvalue weighted by Crippen LogP contribution is -2.26. The van der Waals surface area contributed by atoms with Crippen molar-refractivity contribution in [1.29, 1.82) is 0 Å². The molecular weight excluding hydrogens is 487 g/mol. The molecule has 2 N–H and O–H groups in total. The first-order valence-corrected chi connectivity index (χ1v) is 12.4. The molecule has 0 bridgehead atoms. The Morgan fingerprint density at radius 1 is 1.05 bits per heavy atom. The van der Waals surface area contributed by atoms with E-state index in [1.807, 2.05) is 42.2 Å². The maximum absolute atomic E-state index is 14.3. The fourth-order valence-corrected chi connectivity index (χ4v) is 4.77. The molecule has 4 heterocycles. The monoisotopic (exact) mass is 512 g/mol. The molecule has 0 atom stereocenters. The Morgan fingerprint density at radius 3 is 2.53 bits per heavy atom. The van der Waals surface area contributed by atoms with Crippen LogP contribution in [0.3, 0.4) is 0 Å². The summed E-state index contributed by atoms with van der Waals surface area (Å²) in [5, 5.41) is 16.1. The summed E-state index contributed by atoms with van der Waals surface area (Å²) < 4.78 is 22.1. The van der Waals surface area contributed by atoms with Gasteiger partial charge in [-0.1, -0.05) is 36.4 Å². The van der Waals surface area contributed by atoms with Gasteiger partial charge in [-0.15, -0.1) is 0 Å². The number of halogens is 1. The molecule has 0 amide bonds. The second-order valence-corrected chi connectivity index (χ2v) is 9.21. The topological polar surface area (TPSA) is 109 Å². The number of ether oxygens (including phenoxy) is 1. The average molecular weight is 513 g/mol. The molecule has 10 heteroatoms. The van der Waals surface area contributed by atoms with Gasteiger partial charge >= 0.3 is 0 Å². The molecule has 1 fully saturated rings. The fourth-order valence-electron chi connectivity index (χ4n) is 4.77. The summed E-state index contributed by atoms with van der Waals surface area (Å²) in [6.45, 7) is 3.12. The van der Waals surface area contributed by atoms with Crippen molar-refractivity contribution in [2.45, 2.75) is 26.4 Å². The Balaban J connectivity index is 1.50. The number of hydrogen-bond donors (Lipinski definition) is 2. The van der Waals surface area contributed by atoms with E-state index in [0.717, 1.165) is 18.5 Å². The summed E-state index contributed by atoms with van der Waals surface area (Å²) in [5.74, 6) is -0.545. The van der Waals surface area contributed by atoms with E-state index < -0.39 is 11.4 Å². The number of nitrogens with one attached hydrogen (secondary N) is 1. The molecule has 38 heavy (non-hydrogen) atoms. The number of H-pyrrole nitrogens is 1. The van der Waals surface area contributed by atoms with Crippen molar-refractivity contribution in [2.75, 3.05) is 18.0 Å². The Morgan fingerprint density at radius 2 is 1.79 bits per heavy atom. The zero-order valence-corrected chi connectivity index (χ0v) is 20.7. The van der Waals surface area contributed by atoms with Crippen LogP contribution < -0.4 is 15.2 Å². The van der Waals surface area contributed by atoms with E-state index in [4.69, 9.17) is 9.72 Å². The third-order valence-corrected chi connectivity index (χ3v) is 6.68. The van der Waals surface area contributed by atoms with E-state index in [2.05, 4.69) is 15.1 Å². The molecule has 2 aromatic carbocycles. The second-order valence-electron chi connectivity index (χ2n) is 9.21. The summed E-state index contributed by atoms with van der Waals surface area (Å²) in [4.78, 5) is 26.7. The van der Waals surface area contributed by atoms with Crippen LogP contribution in [0.1, 0.15) is 24.1 Å². The number of hydrogen-bond acceptors (Lipinski definition) is 7. The lowest BCUT2D eigenvalue weighted by Gasteiger charge is -2.18. The van der Waals surface area contributed by atoms with Crippen LogP contribution in [0.5, 0.6) is 11.8 Å². The van der Waals surface area contributed by atoms with Crippen molar-refractivity contribution in [3.05, 3.63) is 88.1 Å². The molecule has 1 aliphatic rings. The number of aromatic hydroxyl groups is 1. The largest absolute Gasteiger partial charge is 0.492 e. The molecule has 0 unspecified atom stereocenters. The zero-order valence-electron chi connectivity index (χ0n) is 20.7. The van der Waals surface area contributed by atoms with Gasteiger partial charge in [0.05, 0.1) is 16.9 Å². The van der Waals surface area contributed by atoms with Gasteiger partial charge in [0, 0.05) is 24.0 Å². The van der Waals surface area contributed by atoms with Gasteiger partial charge in [0.2, 0.25) is 11.8 Å². The minimum atomic E-state index is -0.453. The van der Waals surface area contributed by atoms with E-state index in [1.54, 1.807) is 28.9 Å². The van der Waals surface area contributed by atoms with Gasteiger partial charge < -0.3 is 19.7 Å². The number of benzene rings is 2. The van der Waals surface area contributed by atoms with E-state index in [1.165, 1.54) is 6.07 Å². The van der Waals surface area contributed by atoms with E-state index >= 15 is 0 Å². The number of aromatic nitrogens is 5. The highest BCUT2D eigenvalue weighted by molar-refractivity contribution is 5.86. The quantitative estimate of drug-likeness (QED) is 0.345. The Kier molecular flexibility index (Phi) is 5.99. The highest BCUT2D eigenvalue weighted by atomic mass is 19.1. The van der Waals surface area contributed by atoms with Crippen LogP contribution in [0, 0.1) is 12.7 Å². The first kappa shape index (κ1) is 23.7. The number of aryl methyl sites for hydroxylation is 1. The molecule has 0 spiro atoms. The number of para-hydroxylation sites is 1. The van der Waals surface area contributed by atoms with Crippen molar-refractivity contribution in [3.8, 4) is 28.8 Å². The number of pyridine rings is 1. The summed E-state index contributed by atoms with van der Waals surface area (Å²) >= 11 is 0. The lowest BCUT2D eigenvalue weighted by molar-refractivity contribution is 0.290. The third kappa shape index (κ3) is 4.23. The predicted octanol–water partition coefficient (Wildman–Crippen LogP) is 4.50. The fraction of sp³-hybridized carbons (Fsp3) is 0.214. The number of nitrogens with zero attached hydrogens (tertiary/aromatic N) is 5. The van der Waals surface area contributed by atoms with Crippen LogP contribution in [-0.2, 0) is 6.61 Å². The number of fused-ring (bicyclic) bond motifs is 1. The SMILES string of the molecule is Cc1nn(-c2ccccc2)c2nc(OCc3ccccc3F)c(-c3nc(O)c(N4CCCC4)c(=O)[nH]3)cc12. The number of rotatable bonds is 6. The molecule has 1 saturated heterocycles. The summed E-state index contributed by atoms with van der Waals surface area (Å²) in [5.41, 5.74) is 2.45. The third-order valence-electron chi connectivity index (χ3n) is 6.68. The maximum atomic E-state index is 14.3. The highest BCUT2D eigenvalue weighted by Crippen LogP contribution is 2.34. The Bertz CT molecular complexity index is 1690. The first-order valence-electron chi connectivity index (χ1n) is 12.4. The van der Waals surface area contributed by atoms with E-state index in [0.29, 0.717) is 40.9 Å². The molecule has 3 aromatic heterocycles. The standard InChI is InChI=1S/C28H25FN6O3/c1-17-20-15-21(24-30-26(36)23(27(37)31-24)34-13-7-8-14-34)28(38-16-18-9-5-6-12-22(18)29)32-25(20)35(33-17)19-10-3-2-4-11-19/h2-6,9-12,15H,7-8,13-14,16H2,1H3,(H2,30,31,36,37). The Hall–Kier alpha value is -4.73. The van der Waals surface area contributed by atoms with Gasteiger partial charge in [-0.2, -0.15) is 15.1 Å². The lowest BCUT2D eigenvalue weighted by atomic mass is 10.1. The smallest absolute Gasteiger partial charge is 0.278 e. The van der Waals surface area contributed by atoms with Gasteiger partial charge in [-0.25, -0.2) is 9.07 Å². The van der Waals surface area contributed by atoms with Gasteiger partial charge in [0.1, 0.15) is 18.2 Å². The number of aromatic amines is 1. The van der Waals surface area contributed by atoms with Gasteiger partial charge in [-0.3, -0.25) is 4.79 Å². The molecule has 1 aliphatic heterocycles. The van der Waals surface area contributed by atoms with Crippen LogP contribution in [0.25, 0.3) is 28.1 Å². The molecule has 0 aliphatic carbocycles. The molecule has 5 aromatic rings.